The van der Waals surface area contributed by atoms with E-state index in [4.69, 9.17) is 5.11 Å². The summed E-state index contributed by atoms with van der Waals surface area (Å²) in [6.07, 6.45) is 1.22. The van der Waals surface area contributed by atoms with Crippen molar-refractivity contribution in [2.24, 2.45) is 0 Å². The topological polar surface area (TPSA) is 109 Å². The van der Waals surface area contributed by atoms with Crippen molar-refractivity contribution in [2.45, 2.75) is 0 Å². The fourth-order valence-corrected chi connectivity index (χ4v) is 1.96. The van der Waals surface area contributed by atoms with E-state index >= 15 is 0 Å². The van der Waals surface area contributed by atoms with E-state index < -0.39 is 10.9 Å². The van der Waals surface area contributed by atoms with Crippen molar-refractivity contribution < 1.29 is 14.8 Å². The standard InChI is InChI=1S/C8H4BrN3O4/c9-4-1-3(8(13)14)5-6(11-2-10-5)7(4)12(15)16/h1-2H,(H,10,11)(H,13,14). The number of nitrogens with zero attached hydrogens (tertiary/aromatic N) is 2. The van der Waals surface area contributed by atoms with Gasteiger partial charge in [-0.25, -0.2) is 9.78 Å². The fourth-order valence-electron chi connectivity index (χ4n) is 1.40. The number of carbonyl (C=O) groups is 1. The van der Waals surface area contributed by atoms with Crippen LogP contribution in [0.5, 0.6) is 0 Å². The predicted octanol–water partition coefficient (Wildman–Crippen LogP) is 1.93. The summed E-state index contributed by atoms with van der Waals surface area (Å²) >= 11 is 2.96. The van der Waals surface area contributed by atoms with Crippen molar-refractivity contribution in [1.29, 1.82) is 0 Å². The smallest absolute Gasteiger partial charge is 0.337 e. The van der Waals surface area contributed by atoms with Gasteiger partial charge in [0.1, 0.15) is 0 Å². The number of carboxylic acid groups (broad SMARTS) is 1. The molecule has 2 N–H and O–H groups in total. The van der Waals surface area contributed by atoms with Crippen LogP contribution in [0, 0.1) is 10.1 Å². The van der Waals surface area contributed by atoms with Crippen molar-refractivity contribution in [2.75, 3.05) is 0 Å². The van der Waals surface area contributed by atoms with Gasteiger partial charge in [0.25, 0.3) is 0 Å². The van der Waals surface area contributed by atoms with Crippen LogP contribution in [0.3, 0.4) is 0 Å². The lowest BCUT2D eigenvalue weighted by atomic mass is 10.1. The van der Waals surface area contributed by atoms with Crippen LogP contribution in [-0.4, -0.2) is 26.0 Å². The molecule has 2 aromatic rings. The van der Waals surface area contributed by atoms with Crippen LogP contribution in [-0.2, 0) is 0 Å². The van der Waals surface area contributed by atoms with E-state index in [1.165, 1.54) is 12.4 Å². The van der Waals surface area contributed by atoms with Crippen molar-refractivity contribution in [1.82, 2.24) is 9.97 Å². The highest BCUT2D eigenvalue weighted by atomic mass is 79.9. The van der Waals surface area contributed by atoms with Crippen molar-refractivity contribution >= 4 is 38.6 Å². The molecule has 0 atom stereocenters. The number of halogens is 1. The molecule has 0 unspecified atom stereocenters. The number of rotatable bonds is 2. The molecule has 0 amide bonds. The third-order valence-electron chi connectivity index (χ3n) is 2.04. The van der Waals surface area contributed by atoms with E-state index in [9.17, 15) is 14.9 Å². The van der Waals surface area contributed by atoms with Crippen LogP contribution >= 0.6 is 15.9 Å². The zero-order valence-electron chi connectivity index (χ0n) is 7.60. The Labute approximate surface area is 96.4 Å². The molecular formula is C8H4BrN3O4. The number of nitro groups is 1. The van der Waals surface area contributed by atoms with Gasteiger partial charge in [-0.1, -0.05) is 0 Å². The zero-order valence-corrected chi connectivity index (χ0v) is 9.19. The van der Waals surface area contributed by atoms with Gasteiger partial charge in [-0.15, -0.1) is 0 Å². The van der Waals surface area contributed by atoms with E-state index in [1.807, 2.05) is 0 Å². The molecule has 0 aliphatic rings. The van der Waals surface area contributed by atoms with Gasteiger partial charge in [0.15, 0.2) is 5.52 Å². The average molecular weight is 286 g/mol. The number of aromatic carboxylic acids is 1. The number of H-pyrrole nitrogens is 1. The van der Waals surface area contributed by atoms with Gasteiger partial charge in [-0.05, 0) is 22.0 Å². The summed E-state index contributed by atoms with van der Waals surface area (Å²) in [4.78, 5) is 27.4. The van der Waals surface area contributed by atoms with Gasteiger partial charge in [-0.2, -0.15) is 0 Å². The summed E-state index contributed by atoms with van der Waals surface area (Å²) in [7, 11) is 0. The highest BCUT2D eigenvalue weighted by Gasteiger charge is 2.24. The number of nitrogens with one attached hydrogen (secondary N) is 1. The highest BCUT2D eigenvalue weighted by Crippen LogP contribution is 2.33. The summed E-state index contributed by atoms with van der Waals surface area (Å²) in [6.45, 7) is 0. The second-order valence-corrected chi connectivity index (χ2v) is 3.80. The monoisotopic (exact) mass is 285 g/mol. The first-order chi connectivity index (χ1) is 7.52. The summed E-state index contributed by atoms with van der Waals surface area (Å²) in [6, 6.07) is 1.18. The molecule has 1 aromatic carbocycles. The Bertz CT molecular complexity index is 607. The minimum Gasteiger partial charge on any atom is -0.478 e. The van der Waals surface area contributed by atoms with Gasteiger partial charge < -0.3 is 10.1 Å². The minimum atomic E-state index is -1.18. The van der Waals surface area contributed by atoms with Gasteiger partial charge in [0, 0.05) is 0 Å². The second-order valence-electron chi connectivity index (χ2n) is 2.94. The summed E-state index contributed by atoms with van der Waals surface area (Å²) < 4.78 is 0.0921. The number of aromatic nitrogens is 2. The molecule has 1 aromatic heterocycles. The second kappa shape index (κ2) is 3.56. The lowest BCUT2D eigenvalue weighted by Gasteiger charge is -2.00. The maximum Gasteiger partial charge on any atom is 0.337 e. The molecule has 0 saturated heterocycles. The van der Waals surface area contributed by atoms with Crippen molar-refractivity contribution in [3.05, 3.63) is 32.5 Å². The maximum atomic E-state index is 10.9. The average Bonchev–Trinajstić information content (AvgIpc) is 2.63. The van der Waals surface area contributed by atoms with Crippen LogP contribution in [0.15, 0.2) is 16.9 Å². The Hall–Kier alpha value is -1.96. The number of hydrogen-bond acceptors (Lipinski definition) is 4. The fraction of sp³-hybridized carbons (Fsp3) is 0. The van der Waals surface area contributed by atoms with E-state index in [0.29, 0.717) is 0 Å². The number of hydrogen-bond donors (Lipinski definition) is 2. The third-order valence-corrected chi connectivity index (χ3v) is 2.65. The normalized spacial score (nSPS) is 10.6. The van der Waals surface area contributed by atoms with Gasteiger partial charge in [0.05, 0.1) is 26.8 Å². The highest BCUT2D eigenvalue weighted by molar-refractivity contribution is 9.10. The van der Waals surface area contributed by atoms with Crippen LogP contribution < -0.4 is 0 Å². The van der Waals surface area contributed by atoms with Crippen LogP contribution in [0.4, 0.5) is 5.69 Å². The Balaban J connectivity index is 2.92. The number of fused-ring (bicyclic) bond motifs is 1. The molecule has 82 valence electrons. The molecule has 0 bridgehead atoms. The molecule has 0 radical (unpaired) electrons. The van der Waals surface area contributed by atoms with Gasteiger partial charge >= 0.3 is 11.7 Å². The molecule has 0 saturated carbocycles. The summed E-state index contributed by atoms with van der Waals surface area (Å²) in [5, 5.41) is 19.7. The maximum absolute atomic E-state index is 10.9. The number of imidazole rings is 1. The van der Waals surface area contributed by atoms with Crippen molar-refractivity contribution in [3.63, 3.8) is 0 Å². The predicted molar refractivity (Wildman–Crippen MR) is 57.4 cm³/mol. The quantitative estimate of drug-likeness (QED) is 0.647. The third kappa shape index (κ3) is 1.43. The Morgan fingerprint density at radius 3 is 2.88 bits per heavy atom. The molecular weight excluding hydrogens is 282 g/mol. The lowest BCUT2D eigenvalue weighted by molar-refractivity contribution is -0.384. The van der Waals surface area contributed by atoms with Crippen LogP contribution in [0.1, 0.15) is 10.4 Å². The first-order valence-electron chi connectivity index (χ1n) is 4.05. The molecule has 16 heavy (non-hydrogen) atoms. The molecule has 7 nitrogen and oxygen atoms in total. The lowest BCUT2D eigenvalue weighted by Crippen LogP contribution is -2.00. The van der Waals surface area contributed by atoms with Crippen molar-refractivity contribution in [3.8, 4) is 0 Å². The molecule has 8 heteroatoms. The first kappa shape index (κ1) is 10.6. The van der Waals surface area contributed by atoms with Gasteiger partial charge in [0.2, 0.25) is 0 Å². The molecule has 0 spiro atoms. The first-order valence-corrected chi connectivity index (χ1v) is 4.85. The number of aromatic amines is 1. The van der Waals surface area contributed by atoms with Crippen LogP contribution in [0.25, 0.3) is 11.0 Å². The van der Waals surface area contributed by atoms with Gasteiger partial charge in [-0.3, -0.25) is 10.1 Å². The molecule has 0 aliphatic heterocycles. The summed E-state index contributed by atoms with van der Waals surface area (Å²) in [5.41, 5.74) is -0.148. The van der Waals surface area contributed by atoms with E-state index in [2.05, 4.69) is 25.9 Å². The van der Waals surface area contributed by atoms with E-state index in [-0.39, 0.29) is 26.8 Å². The molecule has 0 fully saturated rings. The van der Waals surface area contributed by atoms with Crippen LogP contribution in [0.2, 0.25) is 0 Å². The zero-order chi connectivity index (χ0) is 11.9. The number of benzene rings is 1. The Morgan fingerprint density at radius 1 is 1.62 bits per heavy atom. The largest absolute Gasteiger partial charge is 0.478 e. The SMILES string of the molecule is O=C(O)c1cc(Br)c([N+](=O)[O-])c2nc[nH]c12. The minimum absolute atomic E-state index is 0.0248. The van der Waals surface area contributed by atoms with E-state index in [1.54, 1.807) is 0 Å². The Morgan fingerprint density at radius 2 is 2.31 bits per heavy atom. The summed E-state index contributed by atoms with van der Waals surface area (Å²) in [5.74, 6) is -1.18. The number of carboxylic acids is 1. The molecule has 2 rings (SSSR count). The number of nitro benzene ring substituents is 1. The molecule has 1 heterocycles. The molecule has 0 aliphatic carbocycles. The Kier molecular flexibility index (Phi) is 2.35. The van der Waals surface area contributed by atoms with E-state index in [0.717, 1.165) is 0 Å².